The lowest BCUT2D eigenvalue weighted by molar-refractivity contribution is -0.137. The lowest BCUT2D eigenvalue weighted by Crippen LogP contribution is -2.16. The van der Waals surface area contributed by atoms with Crippen LogP contribution in [0.1, 0.15) is 30.5 Å². The first kappa shape index (κ1) is 11.8. The molecule has 0 aliphatic heterocycles. The molecule has 2 heteroatoms. The fraction of sp³-hybridized carbons (Fsp3) is 0.462. The van der Waals surface area contributed by atoms with Crippen LogP contribution in [0.25, 0.3) is 0 Å². The van der Waals surface area contributed by atoms with Crippen LogP contribution in [0.2, 0.25) is 0 Å². The summed E-state index contributed by atoms with van der Waals surface area (Å²) in [6, 6.07) is 4.05. The molecule has 1 rings (SSSR count). The molecule has 15 heavy (non-hydrogen) atoms. The number of hydrogen-bond acceptors (Lipinski definition) is 2. The van der Waals surface area contributed by atoms with Gasteiger partial charge in [0.25, 0.3) is 0 Å². The Kier molecular flexibility index (Phi) is 3.51. The summed E-state index contributed by atoms with van der Waals surface area (Å²) >= 11 is 0. The van der Waals surface area contributed by atoms with Gasteiger partial charge in [0.05, 0.1) is 5.92 Å². The Morgan fingerprint density at radius 1 is 1.13 bits per heavy atom. The molecular formula is C13H18O2. The number of carbonyl (C=O) groups excluding carboxylic acids is 1. The second kappa shape index (κ2) is 4.47. The maximum absolute atomic E-state index is 11.5. The molecule has 0 fully saturated rings. The molecule has 1 aromatic carbocycles. The molecule has 0 aliphatic rings. The summed E-state index contributed by atoms with van der Waals surface area (Å²) in [6.07, 6.45) is 0. The standard InChI is InChI=1S/C13H18O2/c1-8(2)13(14)15-12-10(4)6-9(3)7-11(12)5/h6-8H,1-5H3. The molecule has 0 atom stereocenters. The highest BCUT2D eigenvalue weighted by atomic mass is 16.5. The highest BCUT2D eigenvalue weighted by molar-refractivity contribution is 5.75. The molecule has 0 saturated heterocycles. The second-order valence-electron chi connectivity index (χ2n) is 4.30. The number of hydrogen-bond donors (Lipinski definition) is 0. The fourth-order valence-electron chi connectivity index (χ4n) is 1.55. The third kappa shape index (κ3) is 2.82. The van der Waals surface area contributed by atoms with Crippen LogP contribution in [0.3, 0.4) is 0 Å². The number of aryl methyl sites for hydroxylation is 3. The zero-order valence-electron chi connectivity index (χ0n) is 10.0. The van der Waals surface area contributed by atoms with Crippen LogP contribution >= 0.6 is 0 Å². The van der Waals surface area contributed by atoms with Crippen LogP contribution in [-0.4, -0.2) is 5.97 Å². The minimum atomic E-state index is -0.176. The van der Waals surface area contributed by atoms with Crippen LogP contribution in [-0.2, 0) is 4.79 Å². The normalized spacial score (nSPS) is 10.5. The molecule has 0 amide bonds. The van der Waals surface area contributed by atoms with E-state index in [1.165, 1.54) is 5.56 Å². The number of carbonyl (C=O) groups is 1. The number of ether oxygens (including phenoxy) is 1. The van der Waals surface area contributed by atoms with Gasteiger partial charge in [0, 0.05) is 0 Å². The van der Waals surface area contributed by atoms with Gasteiger partial charge in [-0.2, -0.15) is 0 Å². The van der Waals surface area contributed by atoms with Crippen LogP contribution in [0.5, 0.6) is 5.75 Å². The molecule has 82 valence electrons. The van der Waals surface area contributed by atoms with E-state index in [0.29, 0.717) is 5.75 Å². The first-order valence-corrected chi connectivity index (χ1v) is 5.21. The summed E-state index contributed by atoms with van der Waals surface area (Å²) < 4.78 is 5.35. The first-order chi connectivity index (χ1) is 6.91. The summed E-state index contributed by atoms with van der Waals surface area (Å²) in [7, 11) is 0. The van der Waals surface area contributed by atoms with Gasteiger partial charge in [0.1, 0.15) is 5.75 Å². The van der Waals surface area contributed by atoms with E-state index in [1.807, 2.05) is 46.8 Å². The van der Waals surface area contributed by atoms with Gasteiger partial charge in [-0.15, -0.1) is 0 Å². The SMILES string of the molecule is Cc1cc(C)c(OC(=O)C(C)C)c(C)c1. The van der Waals surface area contributed by atoms with Gasteiger partial charge in [-0.25, -0.2) is 0 Å². The highest BCUT2D eigenvalue weighted by Crippen LogP contribution is 2.25. The second-order valence-corrected chi connectivity index (χ2v) is 4.30. The molecule has 0 spiro atoms. The van der Waals surface area contributed by atoms with Crippen molar-refractivity contribution in [3.8, 4) is 5.75 Å². The Bertz CT molecular complexity index is 355. The summed E-state index contributed by atoms with van der Waals surface area (Å²) in [5.74, 6) is 0.439. The molecule has 0 radical (unpaired) electrons. The zero-order chi connectivity index (χ0) is 11.6. The van der Waals surface area contributed by atoms with Crippen LogP contribution in [0, 0.1) is 26.7 Å². The lowest BCUT2D eigenvalue weighted by atomic mass is 10.1. The summed E-state index contributed by atoms with van der Waals surface area (Å²) in [5.41, 5.74) is 3.22. The number of rotatable bonds is 2. The van der Waals surface area contributed by atoms with Crippen molar-refractivity contribution in [2.75, 3.05) is 0 Å². The molecule has 1 aromatic rings. The van der Waals surface area contributed by atoms with E-state index in [-0.39, 0.29) is 11.9 Å². The van der Waals surface area contributed by atoms with Gasteiger partial charge in [0.2, 0.25) is 0 Å². The van der Waals surface area contributed by atoms with Crippen LogP contribution < -0.4 is 4.74 Å². The van der Waals surface area contributed by atoms with Crippen molar-refractivity contribution in [2.45, 2.75) is 34.6 Å². The lowest BCUT2D eigenvalue weighted by Gasteiger charge is -2.12. The van der Waals surface area contributed by atoms with E-state index in [9.17, 15) is 4.79 Å². The van der Waals surface area contributed by atoms with Crippen LogP contribution in [0.15, 0.2) is 12.1 Å². The minimum Gasteiger partial charge on any atom is -0.426 e. The molecule has 0 heterocycles. The van der Waals surface area contributed by atoms with E-state index in [1.54, 1.807) is 0 Å². The van der Waals surface area contributed by atoms with Crippen molar-refractivity contribution in [2.24, 2.45) is 5.92 Å². The monoisotopic (exact) mass is 206 g/mol. The molecule has 0 saturated carbocycles. The molecule has 0 unspecified atom stereocenters. The van der Waals surface area contributed by atoms with Gasteiger partial charge in [0.15, 0.2) is 0 Å². The van der Waals surface area contributed by atoms with Gasteiger partial charge in [-0.05, 0) is 31.9 Å². The number of benzene rings is 1. The van der Waals surface area contributed by atoms with E-state index in [4.69, 9.17) is 4.74 Å². The van der Waals surface area contributed by atoms with Gasteiger partial charge in [-0.3, -0.25) is 4.79 Å². The van der Waals surface area contributed by atoms with Crippen LogP contribution in [0.4, 0.5) is 0 Å². The van der Waals surface area contributed by atoms with E-state index >= 15 is 0 Å². The Morgan fingerprint density at radius 3 is 2.00 bits per heavy atom. The molecule has 0 aliphatic carbocycles. The Labute approximate surface area is 91.3 Å². The van der Waals surface area contributed by atoms with Gasteiger partial charge in [-0.1, -0.05) is 31.5 Å². The molecule has 2 nitrogen and oxygen atoms in total. The maximum Gasteiger partial charge on any atom is 0.313 e. The minimum absolute atomic E-state index is 0.0925. The Hall–Kier alpha value is -1.31. The summed E-state index contributed by atoms with van der Waals surface area (Å²) in [5, 5.41) is 0. The summed E-state index contributed by atoms with van der Waals surface area (Å²) in [4.78, 5) is 11.5. The highest BCUT2D eigenvalue weighted by Gasteiger charge is 2.13. The van der Waals surface area contributed by atoms with Gasteiger partial charge < -0.3 is 4.74 Å². The quantitative estimate of drug-likeness (QED) is 0.548. The third-order valence-electron chi connectivity index (χ3n) is 2.28. The Balaban J connectivity index is 3.00. The topological polar surface area (TPSA) is 26.3 Å². The Morgan fingerprint density at radius 2 is 1.60 bits per heavy atom. The van der Waals surface area contributed by atoms with E-state index in [2.05, 4.69) is 0 Å². The fourth-order valence-corrected chi connectivity index (χ4v) is 1.55. The maximum atomic E-state index is 11.5. The van der Waals surface area contributed by atoms with E-state index in [0.717, 1.165) is 11.1 Å². The van der Waals surface area contributed by atoms with E-state index < -0.39 is 0 Å². The van der Waals surface area contributed by atoms with Crippen molar-refractivity contribution < 1.29 is 9.53 Å². The van der Waals surface area contributed by atoms with Crippen molar-refractivity contribution in [1.82, 2.24) is 0 Å². The van der Waals surface area contributed by atoms with Crippen molar-refractivity contribution in [1.29, 1.82) is 0 Å². The van der Waals surface area contributed by atoms with Crippen molar-refractivity contribution in [3.05, 3.63) is 28.8 Å². The van der Waals surface area contributed by atoms with Crippen molar-refractivity contribution in [3.63, 3.8) is 0 Å². The molecular weight excluding hydrogens is 188 g/mol. The smallest absolute Gasteiger partial charge is 0.313 e. The third-order valence-corrected chi connectivity index (χ3v) is 2.28. The number of esters is 1. The average molecular weight is 206 g/mol. The molecule has 0 N–H and O–H groups in total. The van der Waals surface area contributed by atoms with Gasteiger partial charge >= 0.3 is 5.97 Å². The molecule has 0 aromatic heterocycles. The van der Waals surface area contributed by atoms with Crippen molar-refractivity contribution >= 4 is 5.97 Å². The first-order valence-electron chi connectivity index (χ1n) is 5.21. The zero-order valence-corrected chi connectivity index (χ0v) is 10.0. The largest absolute Gasteiger partial charge is 0.426 e. The summed E-state index contributed by atoms with van der Waals surface area (Å²) in [6.45, 7) is 9.63. The predicted octanol–water partition coefficient (Wildman–Crippen LogP) is 3.17. The predicted molar refractivity (Wildman–Crippen MR) is 61.1 cm³/mol. The molecule has 0 bridgehead atoms. The average Bonchev–Trinajstić information content (AvgIpc) is 2.10.